The molecule has 2 nitrogen and oxygen atoms in total. The molecule has 1 N–H and O–H groups in total. The topological polar surface area (TPSA) is 23.5 Å². The Balaban J connectivity index is 2.19. The zero-order valence-electron chi connectivity index (χ0n) is 9.37. The van der Waals surface area contributed by atoms with Crippen molar-refractivity contribution in [3.8, 4) is 0 Å². The average molecular weight is 244 g/mol. The molecular weight excluding hydrogens is 229 g/mol. The van der Waals surface area contributed by atoms with Gasteiger partial charge in [-0.15, -0.1) is 0 Å². The summed E-state index contributed by atoms with van der Waals surface area (Å²) in [4.78, 5) is 2.12. The van der Waals surface area contributed by atoms with Gasteiger partial charge in [-0.1, -0.05) is 11.6 Å². The SMILES string of the molecule is CC(C)N1CC(O)(c2cc(F)cc(Cl)c2)C1. The summed E-state index contributed by atoms with van der Waals surface area (Å²) in [6.45, 7) is 5.20. The minimum Gasteiger partial charge on any atom is -0.382 e. The van der Waals surface area contributed by atoms with Crippen molar-refractivity contribution in [3.63, 3.8) is 0 Å². The van der Waals surface area contributed by atoms with E-state index in [1.54, 1.807) is 6.07 Å². The predicted molar refractivity (Wildman–Crippen MR) is 62.0 cm³/mol. The maximum Gasteiger partial charge on any atom is 0.125 e. The van der Waals surface area contributed by atoms with Crippen molar-refractivity contribution in [1.82, 2.24) is 4.90 Å². The van der Waals surface area contributed by atoms with Gasteiger partial charge < -0.3 is 5.11 Å². The number of aliphatic hydroxyl groups is 1. The lowest BCUT2D eigenvalue weighted by atomic mass is 9.85. The molecule has 0 aliphatic carbocycles. The molecule has 4 heteroatoms. The van der Waals surface area contributed by atoms with Gasteiger partial charge in [0, 0.05) is 24.2 Å². The van der Waals surface area contributed by atoms with Crippen molar-refractivity contribution >= 4 is 11.6 Å². The highest BCUT2D eigenvalue weighted by Gasteiger charge is 2.43. The van der Waals surface area contributed by atoms with Gasteiger partial charge in [0.15, 0.2) is 0 Å². The van der Waals surface area contributed by atoms with E-state index in [4.69, 9.17) is 11.6 Å². The molecule has 16 heavy (non-hydrogen) atoms. The van der Waals surface area contributed by atoms with E-state index in [2.05, 4.69) is 18.7 Å². The first-order chi connectivity index (χ1) is 7.40. The summed E-state index contributed by atoms with van der Waals surface area (Å²) in [5, 5.41) is 10.6. The molecule has 0 saturated carbocycles. The van der Waals surface area contributed by atoms with Gasteiger partial charge in [0.2, 0.25) is 0 Å². The highest BCUT2D eigenvalue weighted by Crippen LogP contribution is 2.34. The molecule has 0 atom stereocenters. The molecule has 0 unspecified atom stereocenters. The van der Waals surface area contributed by atoms with Crippen molar-refractivity contribution in [2.24, 2.45) is 0 Å². The van der Waals surface area contributed by atoms with Crippen LogP contribution in [-0.2, 0) is 5.60 Å². The third kappa shape index (κ3) is 2.08. The van der Waals surface area contributed by atoms with Crippen molar-refractivity contribution < 1.29 is 9.50 Å². The van der Waals surface area contributed by atoms with Crippen molar-refractivity contribution in [1.29, 1.82) is 0 Å². The molecule has 2 rings (SSSR count). The molecule has 1 saturated heterocycles. The Morgan fingerprint density at radius 3 is 2.50 bits per heavy atom. The first kappa shape index (κ1) is 11.8. The van der Waals surface area contributed by atoms with E-state index in [1.807, 2.05) is 0 Å². The lowest BCUT2D eigenvalue weighted by Crippen LogP contribution is -2.61. The Hall–Kier alpha value is -0.640. The second-order valence-corrected chi connectivity index (χ2v) is 5.12. The number of nitrogens with zero attached hydrogens (tertiary/aromatic N) is 1. The molecule has 0 radical (unpaired) electrons. The number of hydrogen-bond acceptors (Lipinski definition) is 2. The molecule has 1 heterocycles. The van der Waals surface area contributed by atoms with Crippen LogP contribution >= 0.6 is 11.6 Å². The molecule has 0 spiro atoms. The smallest absolute Gasteiger partial charge is 0.125 e. The van der Waals surface area contributed by atoms with Crippen LogP contribution in [0.5, 0.6) is 0 Å². The Labute approximate surface area is 99.6 Å². The van der Waals surface area contributed by atoms with Crippen LogP contribution in [0.1, 0.15) is 19.4 Å². The summed E-state index contributed by atoms with van der Waals surface area (Å²) >= 11 is 5.77. The van der Waals surface area contributed by atoms with Gasteiger partial charge in [-0.05, 0) is 37.6 Å². The van der Waals surface area contributed by atoms with E-state index >= 15 is 0 Å². The second kappa shape index (κ2) is 3.99. The quantitative estimate of drug-likeness (QED) is 0.862. The number of halogens is 2. The van der Waals surface area contributed by atoms with Gasteiger partial charge in [0.1, 0.15) is 11.4 Å². The fourth-order valence-electron chi connectivity index (χ4n) is 2.00. The zero-order valence-corrected chi connectivity index (χ0v) is 10.1. The predicted octanol–water partition coefficient (Wildman–Crippen LogP) is 2.39. The van der Waals surface area contributed by atoms with Crippen LogP contribution in [0.15, 0.2) is 18.2 Å². The van der Waals surface area contributed by atoms with Gasteiger partial charge in [-0.25, -0.2) is 4.39 Å². The first-order valence-corrected chi connectivity index (χ1v) is 5.71. The lowest BCUT2D eigenvalue weighted by molar-refractivity contribution is -0.116. The highest BCUT2D eigenvalue weighted by molar-refractivity contribution is 6.30. The number of likely N-dealkylation sites (tertiary alicyclic amines) is 1. The molecule has 1 aromatic carbocycles. The summed E-state index contributed by atoms with van der Waals surface area (Å²) in [6.07, 6.45) is 0. The summed E-state index contributed by atoms with van der Waals surface area (Å²) in [5.41, 5.74) is -0.384. The Kier molecular flexibility index (Phi) is 2.95. The molecule has 1 aliphatic rings. The minimum absolute atomic E-state index is 0.325. The number of rotatable bonds is 2. The second-order valence-electron chi connectivity index (χ2n) is 4.69. The largest absolute Gasteiger partial charge is 0.382 e. The molecule has 0 aromatic heterocycles. The van der Waals surface area contributed by atoms with Gasteiger partial charge in [-0.2, -0.15) is 0 Å². The third-order valence-corrected chi connectivity index (χ3v) is 3.28. The first-order valence-electron chi connectivity index (χ1n) is 5.34. The molecule has 88 valence electrons. The van der Waals surface area contributed by atoms with E-state index < -0.39 is 11.4 Å². The van der Waals surface area contributed by atoms with Crippen LogP contribution in [-0.4, -0.2) is 29.1 Å². The fourth-order valence-corrected chi connectivity index (χ4v) is 2.22. The van der Waals surface area contributed by atoms with Crippen molar-refractivity contribution in [2.45, 2.75) is 25.5 Å². The highest BCUT2D eigenvalue weighted by atomic mass is 35.5. The number of benzene rings is 1. The van der Waals surface area contributed by atoms with Crippen LogP contribution in [0.25, 0.3) is 0 Å². The van der Waals surface area contributed by atoms with Crippen LogP contribution in [0.3, 0.4) is 0 Å². The van der Waals surface area contributed by atoms with Gasteiger partial charge in [0.05, 0.1) is 0 Å². The lowest BCUT2D eigenvalue weighted by Gasteiger charge is -2.49. The zero-order chi connectivity index (χ0) is 11.9. The summed E-state index contributed by atoms with van der Waals surface area (Å²) in [5.74, 6) is -0.404. The summed E-state index contributed by atoms with van der Waals surface area (Å²) in [7, 11) is 0. The van der Waals surface area contributed by atoms with E-state index in [0.717, 1.165) is 0 Å². The Morgan fingerprint density at radius 2 is 2.00 bits per heavy atom. The van der Waals surface area contributed by atoms with E-state index in [0.29, 0.717) is 29.7 Å². The normalized spacial score (nSPS) is 19.9. The van der Waals surface area contributed by atoms with Crippen molar-refractivity contribution in [2.75, 3.05) is 13.1 Å². The third-order valence-electron chi connectivity index (χ3n) is 3.06. The number of hydrogen-bond donors (Lipinski definition) is 1. The van der Waals surface area contributed by atoms with Crippen LogP contribution < -0.4 is 0 Å². The van der Waals surface area contributed by atoms with E-state index in [-0.39, 0.29) is 0 Å². The van der Waals surface area contributed by atoms with Gasteiger partial charge >= 0.3 is 0 Å². The number of β-amino-alcohol motifs (C(OH)–C–C–N with tert-alkyl or cyclic N) is 1. The maximum absolute atomic E-state index is 13.2. The Morgan fingerprint density at radius 1 is 1.38 bits per heavy atom. The minimum atomic E-state index is -0.948. The van der Waals surface area contributed by atoms with Gasteiger partial charge in [-0.3, -0.25) is 4.90 Å². The molecule has 1 aromatic rings. The maximum atomic E-state index is 13.2. The van der Waals surface area contributed by atoms with Gasteiger partial charge in [0.25, 0.3) is 0 Å². The molecule has 0 amide bonds. The molecule has 0 bridgehead atoms. The Bertz CT molecular complexity index is 382. The standard InChI is InChI=1S/C12H15ClFNO/c1-8(2)15-6-12(16,7-15)9-3-10(13)5-11(14)4-9/h3-5,8,16H,6-7H2,1-2H3. The van der Waals surface area contributed by atoms with Crippen molar-refractivity contribution in [3.05, 3.63) is 34.6 Å². The average Bonchev–Trinajstić information content (AvgIpc) is 2.10. The van der Waals surface area contributed by atoms with Crippen LogP contribution in [0.2, 0.25) is 5.02 Å². The summed E-state index contributed by atoms with van der Waals surface area (Å²) < 4.78 is 13.2. The van der Waals surface area contributed by atoms with Crippen LogP contribution in [0, 0.1) is 5.82 Å². The molecule has 1 fully saturated rings. The molecule has 1 aliphatic heterocycles. The van der Waals surface area contributed by atoms with Crippen LogP contribution in [0.4, 0.5) is 4.39 Å². The molecular formula is C12H15ClFNO. The monoisotopic (exact) mass is 243 g/mol. The summed E-state index contributed by atoms with van der Waals surface area (Å²) in [6, 6.07) is 4.61. The van der Waals surface area contributed by atoms with E-state index in [9.17, 15) is 9.50 Å². The fraction of sp³-hybridized carbons (Fsp3) is 0.500. The van der Waals surface area contributed by atoms with E-state index in [1.165, 1.54) is 12.1 Å².